The van der Waals surface area contributed by atoms with Crippen molar-refractivity contribution < 1.29 is 0 Å². The van der Waals surface area contributed by atoms with E-state index in [1.165, 1.54) is 4.88 Å². The van der Waals surface area contributed by atoms with Crippen LogP contribution in [-0.4, -0.2) is 25.0 Å². The first-order valence-electron chi connectivity index (χ1n) is 5.87. The van der Waals surface area contributed by atoms with Gasteiger partial charge in [0, 0.05) is 18.0 Å². The van der Waals surface area contributed by atoms with Gasteiger partial charge in [-0.2, -0.15) is 0 Å². The molecule has 0 aromatic carbocycles. The van der Waals surface area contributed by atoms with Gasteiger partial charge in [-0.3, -0.25) is 0 Å². The van der Waals surface area contributed by atoms with E-state index < -0.39 is 0 Å². The van der Waals surface area contributed by atoms with E-state index in [2.05, 4.69) is 56.7 Å². The lowest BCUT2D eigenvalue weighted by molar-refractivity contribution is 0.222. The number of rotatable bonds is 3. The van der Waals surface area contributed by atoms with Crippen LogP contribution in [0.25, 0.3) is 0 Å². The van der Waals surface area contributed by atoms with Crippen LogP contribution in [0.2, 0.25) is 0 Å². The molecule has 1 heterocycles. The summed E-state index contributed by atoms with van der Waals surface area (Å²) in [6, 6.07) is 4.23. The van der Waals surface area contributed by atoms with Gasteiger partial charge in [-0.25, -0.2) is 0 Å². The van der Waals surface area contributed by atoms with E-state index >= 15 is 0 Å². The number of hydrogen-bond acceptors (Lipinski definition) is 3. The number of nitrogens with two attached hydrogens (primary N) is 1. The van der Waals surface area contributed by atoms with Gasteiger partial charge >= 0.3 is 0 Å². The molecule has 0 unspecified atom stereocenters. The minimum absolute atomic E-state index is 0.341. The molecule has 17 heavy (non-hydrogen) atoms. The summed E-state index contributed by atoms with van der Waals surface area (Å²) in [5.41, 5.74) is 5.70. The molecule has 0 aliphatic carbocycles. The van der Waals surface area contributed by atoms with Crippen LogP contribution in [-0.2, 0) is 6.54 Å². The monoisotopic (exact) mass is 250 g/mol. The summed E-state index contributed by atoms with van der Waals surface area (Å²) in [6.07, 6.45) is 0. The van der Waals surface area contributed by atoms with Crippen LogP contribution in [0.15, 0.2) is 12.1 Å². The van der Waals surface area contributed by atoms with Gasteiger partial charge in [0.05, 0.1) is 11.4 Å². The fraction of sp³-hybridized carbons (Fsp3) is 0.571. The largest absolute Gasteiger partial charge is 0.320 e. The third-order valence-corrected chi connectivity index (χ3v) is 3.13. The molecule has 0 saturated heterocycles. The Hall–Kier alpha value is -0.820. The van der Waals surface area contributed by atoms with Crippen molar-refractivity contribution in [2.45, 2.75) is 27.3 Å². The highest BCUT2D eigenvalue weighted by Crippen LogP contribution is 2.20. The van der Waals surface area contributed by atoms with E-state index in [1.807, 2.05) is 0 Å². The fourth-order valence-electron chi connectivity index (χ4n) is 1.80. The topological polar surface area (TPSA) is 29.3 Å². The molecule has 2 N–H and O–H groups in total. The molecule has 0 amide bonds. The van der Waals surface area contributed by atoms with Crippen LogP contribution >= 0.6 is 11.3 Å². The Balaban J connectivity index is 2.54. The summed E-state index contributed by atoms with van der Waals surface area (Å²) in [5.74, 6) is 5.96. The molecule has 1 rings (SSSR count). The third-order valence-electron chi connectivity index (χ3n) is 2.15. The van der Waals surface area contributed by atoms with Crippen molar-refractivity contribution in [3.05, 3.63) is 21.9 Å². The van der Waals surface area contributed by atoms with Gasteiger partial charge in [0.2, 0.25) is 0 Å². The van der Waals surface area contributed by atoms with Gasteiger partial charge in [-0.05, 0) is 24.6 Å². The zero-order valence-corrected chi connectivity index (χ0v) is 12.0. The molecule has 2 nitrogen and oxygen atoms in total. The molecule has 3 heteroatoms. The summed E-state index contributed by atoms with van der Waals surface area (Å²) in [7, 11) is 2.16. The summed E-state index contributed by atoms with van der Waals surface area (Å²) >= 11 is 1.76. The maximum Gasteiger partial charge on any atom is 0.0772 e. The first-order valence-corrected chi connectivity index (χ1v) is 6.68. The van der Waals surface area contributed by atoms with Crippen LogP contribution < -0.4 is 5.73 Å². The van der Waals surface area contributed by atoms with Gasteiger partial charge in [-0.15, -0.1) is 11.3 Å². The molecule has 0 saturated carbocycles. The molecular weight excluding hydrogens is 228 g/mol. The van der Waals surface area contributed by atoms with E-state index in [4.69, 9.17) is 5.73 Å². The van der Waals surface area contributed by atoms with Crippen LogP contribution in [0, 0.1) is 17.3 Å². The summed E-state index contributed by atoms with van der Waals surface area (Å²) < 4.78 is 0. The Labute approximate surface area is 109 Å². The minimum atomic E-state index is 0.341. The molecular formula is C14H22N2S. The number of hydrogen-bond donors (Lipinski definition) is 1. The SMILES string of the molecule is CN(Cc1ccc(C#CCN)s1)CC(C)(C)C. The first-order chi connectivity index (χ1) is 7.90. The zero-order chi connectivity index (χ0) is 12.9. The molecule has 0 bridgehead atoms. The molecule has 0 aliphatic heterocycles. The van der Waals surface area contributed by atoms with Crippen molar-refractivity contribution in [1.82, 2.24) is 4.90 Å². The standard InChI is InChI=1S/C14H22N2S/c1-14(2,3)11-16(4)10-13-8-7-12(17-13)6-5-9-15/h7-8H,9-11,15H2,1-4H3. The van der Waals surface area contributed by atoms with Crippen LogP contribution in [0.5, 0.6) is 0 Å². The van der Waals surface area contributed by atoms with Crippen molar-refractivity contribution in [2.24, 2.45) is 11.1 Å². The van der Waals surface area contributed by atoms with E-state index in [1.54, 1.807) is 11.3 Å². The lowest BCUT2D eigenvalue weighted by Gasteiger charge is -2.25. The Morgan fingerprint density at radius 3 is 2.65 bits per heavy atom. The van der Waals surface area contributed by atoms with E-state index in [0.29, 0.717) is 12.0 Å². The second kappa shape index (κ2) is 6.20. The second-order valence-electron chi connectivity index (χ2n) is 5.50. The van der Waals surface area contributed by atoms with Gasteiger partial charge < -0.3 is 10.6 Å². The molecule has 0 spiro atoms. The average Bonchev–Trinajstić information content (AvgIpc) is 2.59. The van der Waals surface area contributed by atoms with Gasteiger partial charge in [-0.1, -0.05) is 32.6 Å². The molecule has 1 aromatic heterocycles. The first kappa shape index (κ1) is 14.2. The lowest BCUT2D eigenvalue weighted by Crippen LogP contribution is -2.28. The smallest absolute Gasteiger partial charge is 0.0772 e. The highest BCUT2D eigenvalue weighted by molar-refractivity contribution is 7.12. The quantitative estimate of drug-likeness (QED) is 0.835. The molecule has 0 aliphatic rings. The fourth-order valence-corrected chi connectivity index (χ4v) is 2.76. The van der Waals surface area contributed by atoms with E-state index in [-0.39, 0.29) is 0 Å². The van der Waals surface area contributed by atoms with Crippen LogP contribution in [0.1, 0.15) is 30.5 Å². The minimum Gasteiger partial charge on any atom is -0.320 e. The summed E-state index contributed by atoms with van der Waals surface area (Å²) in [5, 5.41) is 0. The summed E-state index contributed by atoms with van der Waals surface area (Å²) in [4.78, 5) is 4.82. The average molecular weight is 250 g/mol. The van der Waals surface area contributed by atoms with E-state index in [9.17, 15) is 0 Å². The van der Waals surface area contributed by atoms with Gasteiger partial charge in [0.15, 0.2) is 0 Å². The predicted octanol–water partition coefficient (Wildman–Crippen LogP) is 2.54. The molecule has 0 radical (unpaired) electrons. The second-order valence-corrected chi connectivity index (χ2v) is 6.67. The number of nitrogens with zero attached hydrogens (tertiary/aromatic N) is 1. The third kappa shape index (κ3) is 5.88. The van der Waals surface area contributed by atoms with Crippen LogP contribution in [0.3, 0.4) is 0 Å². The van der Waals surface area contributed by atoms with Gasteiger partial charge in [0.1, 0.15) is 0 Å². The molecule has 0 atom stereocenters. The van der Waals surface area contributed by atoms with Gasteiger partial charge in [0.25, 0.3) is 0 Å². The Bertz CT molecular complexity index is 404. The Morgan fingerprint density at radius 2 is 2.06 bits per heavy atom. The van der Waals surface area contributed by atoms with Crippen molar-refractivity contribution in [3.8, 4) is 11.8 Å². The van der Waals surface area contributed by atoms with Crippen molar-refractivity contribution in [3.63, 3.8) is 0 Å². The number of thiophene rings is 1. The maximum absolute atomic E-state index is 5.36. The Morgan fingerprint density at radius 1 is 1.35 bits per heavy atom. The highest BCUT2D eigenvalue weighted by Gasteiger charge is 2.13. The molecule has 1 aromatic rings. The van der Waals surface area contributed by atoms with Crippen molar-refractivity contribution in [2.75, 3.05) is 20.1 Å². The predicted molar refractivity (Wildman–Crippen MR) is 76.0 cm³/mol. The van der Waals surface area contributed by atoms with Crippen LogP contribution in [0.4, 0.5) is 0 Å². The summed E-state index contributed by atoms with van der Waals surface area (Å²) in [6.45, 7) is 9.29. The highest BCUT2D eigenvalue weighted by atomic mass is 32.1. The maximum atomic E-state index is 5.36. The molecule has 94 valence electrons. The lowest BCUT2D eigenvalue weighted by atomic mass is 9.96. The molecule has 0 fully saturated rings. The Kier molecular flexibility index (Phi) is 5.20. The van der Waals surface area contributed by atoms with Crippen molar-refractivity contribution >= 4 is 11.3 Å². The van der Waals surface area contributed by atoms with Crippen molar-refractivity contribution in [1.29, 1.82) is 0 Å². The zero-order valence-electron chi connectivity index (χ0n) is 11.2. The normalized spacial score (nSPS) is 11.4. The van der Waals surface area contributed by atoms with E-state index in [0.717, 1.165) is 18.0 Å².